The Morgan fingerprint density at radius 2 is 1.69 bits per heavy atom. The van der Waals surface area contributed by atoms with Crippen LogP contribution >= 0.6 is 11.3 Å². The molecular formula is C24H39NO3S. The molecule has 0 bridgehead atoms. The first-order chi connectivity index (χ1) is 14.1. The lowest BCUT2D eigenvalue weighted by Gasteiger charge is -2.18. The van der Waals surface area contributed by atoms with E-state index in [9.17, 15) is 9.59 Å². The number of thiophene rings is 1. The Labute approximate surface area is 180 Å². The first-order valence-electron chi connectivity index (χ1n) is 11.7. The fourth-order valence-corrected chi connectivity index (χ4v) is 5.46. The zero-order valence-corrected chi connectivity index (χ0v) is 19.4. The number of rotatable bonds is 13. The van der Waals surface area contributed by atoms with E-state index < -0.39 is 0 Å². The number of fused-ring (bicyclic) bond motifs is 1. The number of unbranched alkanes of at least 4 members (excludes halogenated alkanes) is 8. The number of hydrogen-bond donors (Lipinski definition) is 1. The first kappa shape index (κ1) is 23.9. The molecule has 1 aliphatic rings. The van der Waals surface area contributed by atoms with Crippen LogP contribution < -0.4 is 5.32 Å². The van der Waals surface area contributed by atoms with Gasteiger partial charge in [0, 0.05) is 11.3 Å². The van der Waals surface area contributed by atoms with Crippen LogP contribution in [0.1, 0.15) is 112 Å². The monoisotopic (exact) mass is 421 g/mol. The second-order valence-corrected chi connectivity index (χ2v) is 9.51. The van der Waals surface area contributed by atoms with Gasteiger partial charge in [-0.15, -0.1) is 11.3 Å². The van der Waals surface area contributed by atoms with Crippen molar-refractivity contribution in [1.29, 1.82) is 0 Å². The summed E-state index contributed by atoms with van der Waals surface area (Å²) in [7, 11) is 0. The second-order valence-electron chi connectivity index (χ2n) is 8.40. The number of carbonyl (C=O) groups is 2. The lowest BCUT2D eigenvalue weighted by Crippen LogP contribution is -2.16. The highest BCUT2D eigenvalue weighted by Crippen LogP contribution is 2.40. The molecule has 1 aliphatic carbocycles. The van der Waals surface area contributed by atoms with E-state index in [1.165, 1.54) is 49.8 Å². The summed E-state index contributed by atoms with van der Waals surface area (Å²) in [6, 6.07) is 0. The molecule has 0 radical (unpaired) electrons. The summed E-state index contributed by atoms with van der Waals surface area (Å²) in [6.45, 7) is 6.66. The number of ether oxygens (including phenoxy) is 1. The fourth-order valence-electron chi connectivity index (χ4n) is 4.04. The zero-order chi connectivity index (χ0) is 21.1. The first-order valence-corrected chi connectivity index (χ1v) is 12.5. The van der Waals surface area contributed by atoms with E-state index in [-0.39, 0.29) is 11.9 Å². The molecule has 164 valence electrons. The minimum absolute atomic E-state index is 0.0186. The van der Waals surface area contributed by atoms with E-state index in [1.807, 2.05) is 6.92 Å². The summed E-state index contributed by atoms with van der Waals surface area (Å²) in [4.78, 5) is 26.2. The van der Waals surface area contributed by atoms with E-state index in [0.717, 1.165) is 37.7 Å². The van der Waals surface area contributed by atoms with Gasteiger partial charge in [-0.1, -0.05) is 65.2 Å². The molecule has 0 aliphatic heterocycles. The number of anilines is 1. The molecular weight excluding hydrogens is 382 g/mol. The van der Waals surface area contributed by atoms with Crippen molar-refractivity contribution in [3.63, 3.8) is 0 Å². The van der Waals surface area contributed by atoms with Crippen LogP contribution in [0, 0.1) is 5.92 Å². The lowest BCUT2D eigenvalue weighted by atomic mass is 9.88. The molecule has 29 heavy (non-hydrogen) atoms. The number of esters is 1. The molecule has 5 heteroatoms. The summed E-state index contributed by atoms with van der Waals surface area (Å²) in [6.07, 6.45) is 14.6. The summed E-state index contributed by atoms with van der Waals surface area (Å²) >= 11 is 1.57. The number of hydrogen-bond acceptors (Lipinski definition) is 4. The lowest BCUT2D eigenvalue weighted by molar-refractivity contribution is -0.116. The van der Waals surface area contributed by atoms with E-state index in [4.69, 9.17) is 4.74 Å². The van der Waals surface area contributed by atoms with Gasteiger partial charge in [0.05, 0.1) is 12.2 Å². The molecule has 1 heterocycles. The van der Waals surface area contributed by atoms with Crippen molar-refractivity contribution in [3.8, 4) is 0 Å². The standard InChI is InChI=1S/C24H39NO3S/c1-4-6-7-8-9-10-11-12-13-14-21(26)25-23-22(24(27)28-5-2)19-16-15-18(3)17-20(19)29-23/h18H,4-17H2,1-3H3,(H,25,26). The van der Waals surface area contributed by atoms with Gasteiger partial charge >= 0.3 is 5.97 Å². The smallest absolute Gasteiger partial charge is 0.341 e. The van der Waals surface area contributed by atoms with Gasteiger partial charge in [-0.2, -0.15) is 0 Å². The minimum Gasteiger partial charge on any atom is -0.462 e. The molecule has 1 aromatic heterocycles. The molecule has 2 rings (SSSR count). The van der Waals surface area contributed by atoms with Gasteiger partial charge < -0.3 is 10.1 Å². The fraction of sp³-hybridized carbons (Fsp3) is 0.750. The van der Waals surface area contributed by atoms with Crippen LogP contribution in [0.2, 0.25) is 0 Å². The highest BCUT2D eigenvalue weighted by atomic mass is 32.1. The molecule has 1 aromatic rings. The molecule has 0 aromatic carbocycles. The van der Waals surface area contributed by atoms with E-state index >= 15 is 0 Å². The summed E-state index contributed by atoms with van der Waals surface area (Å²) in [5.41, 5.74) is 1.71. The summed E-state index contributed by atoms with van der Waals surface area (Å²) in [5, 5.41) is 3.72. The van der Waals surface area contributed by atoms with Crippen LogP contribution in [0.15, 0.2) is 0 Å². The number of nitrogens with one attached hydrogen (secondary N) is 1. The van der Waals surface area contributed by atoms with Crippen LogP contribution in [-0.4, -0.2) is 18.5 Å². The van der Waals surface area contributed by atoms with Crippen molar-refractivity contribution in [1.82, 2.24) is 0 Å². The number of amides is 1. The normalized spacial score (nSPS) is 15.8. The molecule has 1 amide bonds. The maximum atomic E-state index is 12.5. The molecule has 0 fully saturated rings. The average molecular weight is 422 g/mol. The predicted molar refractivity (Wildman–Crippen MR) is 122 cm³/mol. The molecule has 1 N–H and O–H groups in total. The summed E-state index contributed by atoms with van der Waals surface area (Å²) < 4.78 is 5.28. The van der Waals surface area contributed by atoms with Gasteiger partial charge in [0.25, 0.3) is 0 Å². The Morgan fingerprint density at radius 1 is 1.03 bits per heavy atom. The van der Waals surface area contributed by atoms with Crippen LogP contribution in [0.5, 0.6) is 0 Å². The Morgan fingerprint density at radius 3 is 2.34 bits per heavy atom. The van der Waals surface area contributed by atoms with Crippen molar-refractivity contribution in [2.24, 2.45) is 5.92 Å². The highest BCUT2D eigenvalue weighted by Gasteiger charge is 2.29. The van der Waals surface area contributed by atoms with Gasteiger partial charge in [-0.3, -0.25) is 4.79 Å². The van der Waals surface area contributed by atoms with E-state index in [0.29, 0.717) is 29.5 Å². The zero-order valence-electron chi connectivity index (χ0n) is 18.6. The van der Waals surface area contributed by atoms with Crippen molar-refractivity contribution in [3.05, 3.63) is 16.0 Å². The van der Waals surface area contributed by atoms with Crippen LogP contribution in [0.25, 0.3) is 0 Å². The SMILES string of the molecule is CCCCCCCCCCCC(=O)Nc1sc2c(c1C(=O)OCC)CCC(C)C2. The quantitative estimate of drug-likeness (QED) is 0.278. The molecule has 4 nitrogen and oxygen atoms in total. The third-order valence-electron chi connectivity index (χ3n) is 5.75. The summed E-state index contributed by atoms with van der Waals surface area (Å²) in [5.74, 6) is 0.352. The Hall–Kier alpha value is -1.36. The van der Waals surface area contributed by atoms with Crippen LogP contribution in [-0.2, 0) is 22.4 Å². The number of carbonyl (C=O) groups excluding carboxylic acids is 2. The van der Waals surface area contributed by atoms with Gasteiger partial charge in [0.15, 0.2) is 0 Å². The van der Waals surface area contributed by atoms with Crippen LogP contribution in [0.3, 0.4) is 0 Å². The van der Waals surface area contributed by atoms with E-state index in [2.05, 4.69) is 19.2 Å². The van der Waals surface area contributed by atoms with Gasteiger partial charge in [-0.05, 0) is 44.1 Å². The largest absolute Gasteiger partial charge is 0.462 e. The highest BCUT2D eigenvalue weighted by molar-refractivity contribution is 7.17. The Kier molecular flexibility index (Phi) is 10.8. The average Bonchev–Trinajstić information content (AvgIpc) is 3.03. The van der Waals surface area contributed by atoms with Gasteiger partial charge in [-0.25, -0.2) is 4.79 Å². The van der Waals surface area contributed by atoms with Crippen molar-refractivity contribution in [2.45, 2.75) is 104 Å². The predicted octanol–water partition coefficient (Wildman–Crippen LogP) is 6.91. The van der Waals surface area contributed by atoms with E-state index in [1.54, 1.807) is 11.3 Å². The van der Waals surface area contributed by atoms with Crippen molar-refractivity contribution in [2.75, 3.05) is 11.9 Å². The molecule has 1 atom stereocenters. The molecule has 0 spiro atoms. The van der Waals surface area contributed by atoms with Crippen molar-refractivity contribution >= 4 is 28.2 Å². The van der Waals surface area contributed by atoms with Crippen LogP contribution in [0.4, 0.5) is 5.00 Å². The molecule has 0 saturated heterocycles. The van der Waals surface area contributed by atoms with Crippen molar-refractivity contribution < 1.29 is 14.3 Å². The maximum Gasteiger partial charge on any atom is 0.341 e. The van der Waals surface area contributed by atoms with Gasteiger partial charge in [0.2, 0.25) is 5.91 Å². The third-order valence-corrected chi connectivity index (χ3v) is 6.92. The topological polar surface area (TPSA) is 55.4 Å². The second kappa shape index (κ2) is 13.0. The Bertz CT molecular complexity index is 653. The molecule has 1 unspecified atom stereocenters. The minimum atomic E-state index is -0.294. The third kappa shape index (κ3) is 7.76. The maximum absolute atomic E-state index is 12.5. The van der Waals surface area contributed by atoms with Gasteiger partial charge in [0.1, 0.15) is 5.00 Å². The Balaban J connectivity index is 1.81. The molecule has 0 saturated carbocycles.